The number of nitrogens with zero attached hydrogens (tertiary/aromatic N) is 3. The van der Waals surface area contributed by atoms with Gasteiger partial charge in [-0.3, -0.25) is 9.80 Å². The van der Waals surface area contributed by atoms with Crippen LogP contribution in [0.2, 0.25) is 0 Å². The van der Waals surface area contributed by atoms with E-state index in [1.165, 1.54) is 24.8 Å². The Morgan fingerprint density at radius 1 is 1.20 bits per heavy atom. The number of piperidine rings is 1. The third-order valence-corrected chi connectivity index (χ3v) is 5.20. The van der Waals surface area contributed by atoms with Crippen molar-refractivity contribution < 1.29 is 9.53 Å². The fourth-order valence-electron chi connectivity index (χ4n) is 3.62. The molecule has 1 amide bonds. The minimum atomic E-state index is -0.496. The minimum Gasteiger partial charge on any atom is -0.443 e. The van der Waals surface area contributed by atoms with Crippen molar-refractivity contribution in [2.75, 3.05) is 18.5 Å². The van der Waals surface area contributed by atoms with Crippen molar-refractivity contribution >= 4 is 11.9 Å². The summed E-state index contributed by atoms with van der Waals surface area (Å²) in [7, 11) is 2.18. The summed E-state index contributed by atoms with van der Waals surface area (Å²) in [5.41, 5.74) is 0.743. The quantitative estimate of drug-likeness (QED) is 0.807. The molecule has 5 nitrogen and oxygen atoms in total. The van der Waals surface area contributed by atoms with Crippen molar-refractivity contribution in [2.45, 2.75) is 77.0 Å². The molecule has 1 atom stereocenters. The summed E-state index contributed by atoms with van der Waals surface area (Å²) in [4.78, 5) is 21.5. The Labute approximate surface area is 151 Å². The highest BCUT2D eigenvalue weighted by Gasteiger charge is 2.34. The summed E-state index contributed by atoms with van der Waals surface area (Å²) in [6.45, 7) is 6.84. The van der Waals surface area contributed by atoms with Gasteiger partial charge in [-0.2, -0.15) is 0 Å². The zero-order valence-electron chi connectivity index (χ0n) is 16.0. The average Bonchev–Trinajstić information content (AvgIpc) is 2.50. The van der Waals surface area contributed by atoms with E-state index in [-0.39, 0.29) is 12.1 Å². The molecule has 1 saturated carbocycles. The summed E-state index contributed by atoms with van der Waals surface area (Å²) in [5.74, 6) is 0.709. The predicted molar refractivity (Wildman–Crippen MR) is 99.8 cm³/mol. The zero-order chi connectivity index (χ0) is 18.0. The molecule has 2 heterocycles. The maximum Gasteiger partial charge on any atom is 0.416 e. The lowest BCUT2D eigenvalue weighted by atomic mass is 9.91. The van der Waals surface area contributed by atoms with Gasteiger partial charge in [-0.25, -0.2) is 9.78 Å². The van der Waals surface area contributed by atoms with E-state index in [1.54, 1.807) is 4.90 Å². The van der Waals surface area contributed by atoms with Crippen molar-refractivity contribution in [1.29, 1.82) is 0 Å². The number of carbonyl (C=O) groups is 1. The number of ether oxygens (including phenoxy) is 1. The monoisotopic (exact) mass is 345 g/mol. The van der Waals surface area contributed by atoms with E-state index in [1.807, 2.05) is 33.0 Å². The third-order valence-electron chi connectivity index (χ3n) is 5.20. The van der Waals surface area contributed by atoms with Gasteiger partial charge in [0.05, 0.1) is 0 Å². The minimum absolute atomic E-state index is 0.213. The van der Waals surface area contributed by atoms with Gasteiger partial charge in [0.25, 0.3) is 0 Å². The lowest BCUT2D eigenvalue weighted by Gasteiger charge is -2.37. The summed E-state index contributed by atoms with van der Waals surface area (Å²) < 4.78 is 5.61. The maximum atomic E-state index is 12.7. The molecule has 0 N–H and O–H groups in total. The van der Waals surface area contributed by atoms with Crippen LogP contribution in [0.3, 0.4) is 0 Å². The van der Waals surface area contributed by atoms with Crippen molar-refractivity contribution in [3.05, 3.63) is 23.9 Å². The molecule has 1 aromatic heterocycles. The normalized spacial score (nSPS) is 22.3. The van der Waals surface area contributed by atoms with Crippen molar-refractivity contribution in [1.82, 2.24) is 9.88 Å². The number of pyridine rings is 1. The highest BCUT2D eigenvalue weighted by Crippen LogP contribution is 2.33. The second-order valence-electron chi connectivity index (χ2n) is 8.38. The standard InChI is InChI=1S/C20H31N3O2/c1-20(2,3)25-19(24)23(16-8-7-9-16)18-12-11-15(14-21-18)17-10-5-6-13-22(17)4/h11-12,14,16-17H,5-10,13H2,1-4H3. The van der Waals surface area contributed by atoms with E-state index in [0.29, 0.717) is 11.9 Å². The lowest BCUT2D eigenvalue weighted by Crippen LogP contribution is -2.47. The van der Waals surface area contributed by atoms with E-state index in [9.17, 15) is 4.79 Å². The molecular weight excluding hydrogens is 314 g/mol. The van der Waals surface area contributed by atoms with Crippen LogP contribution in [0, 0.1) is 0 Å². The van der Waals surface area contributed by atoms with Gasteiger partial charge in [0.1, 0.15) is 11.4 Å². The number of hydrogen-bond donors (Lipinski definition) is 0. The molecule has 1 aromatic rings. The van der Waals surface area contributed by atoms with Gasteiger partial charge in [0, 0.05) is 18.3 Å². The van der Waals surface area contributed by atoms with Gasteiger partial charge in [0.15, 0.2) is 0 Å². The predicted octanol–water partition coefficient (Wildman–Crippen LogP) is 4.53. The number of amides is 1. The first kappa shape index (κ1) is 18.2. The smallest absolute Gasteiger partial charge is 0.416 e. The van der Waals surface area contributed by atoms with Gasteiger partial charge in [-0.1, -0.05) is 12.5 Å². The van der Waals surface area contributed by atoms with Crippen LogP contribution in [0.5, 0.6) is 0 Å². The van der Waals surface area contributed by atoms with E-state index in [0.717, 1.165) is 25.8 Å². The van der Waals surface area contributed by atoms with Gasteiger partial charge in [-0.05, 0) is 78.1 Å². The molecule has 1 aliphatic carbocycles. The van der Waals surface area contributed by atoms with Crippen LogP contribution in [-0.4, -0.2) is 41.2 Å². The Morgan fingerprint density at radius 3 is 2.48 bits per heavy atom. The Morgan fingerprint density at radius 2 is 1.96 bits per heavy atom. The Balaban J connectivity index is 1.78. The van der Waals surface area contributed by atoms with Gasteiger partial charge >= 0.3 is 6.09 Å². The van der Waals surface area contributed by atoms with E-state index >= 15 is 0 Å². The molecule has 2 fully saturated rings. The first-order valence-electron chi connectivity index (χ1n) is 9.53. The van der Waals surface area contributed by atoms with Crippen LogP contribution in [0.4, 0.5) is 10.6 Å². The summed E-state index contributed by atoms with van der Waals surface area (Å²) >= 11 is 0. The number of anilines is 1. The molecule has 25 heavy (non-hydrogen) atoms. The van der Waals surface area contributed by atoms with Crippen LogP contribution in [0.25, 0.3) is 0 Å². The van der Waals surface area contributed by atoms with Gasteiger partial charge < -0.3 is 4.74 Å². The molecular formula is C20H31N3O2. The molecule has 5 heteroatoms. The van der Waals surface area contributed by atoms with Crippen LogP contribution in [-0.2, 0) is 4.74 Å². The molecule has 3 rings (SSSR count). The van der Waals surface area contributed by atoms with Crippen LogP contribution in [0.1, 0.15) is 70.9 Å². The van der Waals surface area contributed by atoms with Gasteiger partial charge in [-0.15, -0.1) is 0 Å². The second-order valence-corrected chi connectivity index (χ2v) is 8.38. The molecule has 0 aromatic carbocycles. The van der Waals surface area contributed by atoms with Crippen LogP contribution >= 0.6 is 0 Å². The first-order chi connectivity index (χ1) is 11.8. The van der Waals surface area contributed by atoms with Crippen LogP contribution in [0.15, 0.2) is 18.3 Å². The summed E-state index contributed by atoms with van der Waals surface area (Å²) in [6, 6.07) is 4.77. The fraction of sp³-hybridized carbons (Fsp3) is 0.700. The molecule has 1 unspecified atom stereocenters. The summed E-state index contributed by atoms with van der Waals surface area (Å²) in [6.07, 6.45) is 8.58. The fourth-order valence-corrected chi connectivity index (χ4v) is 3.62. The largest absolute Gasteiger partial charge is 0.443 e. The maximum absolute atomic E-state index is 12.7. The molecule has 138 valence electrons. The van der Waals surface area contributed by atoms with E-state index in [2.05, 4.69) is 23.0 Å². The van der Waals surface area contributed by atoms with E-state index in [4.69, 9.17) is 4.74 Å². The van der Waals surface area contributed by atoms with Crippen molar-refractivity contribution in [2.24, 2.45) is 0 Å². The molecule has 2 aliphatic rings. The number of hydrogen-bond acceptors (Lipinski definition) is 4. The second kappa shape index (κ2) is 7.32. The number of rotatable bonds is 3. The highest BCUT2D eigenvalue weighted by molar-refractivity contribution is 5.87. The Hall–Kier alpha value is -1.62. The van der Waals surface area contributed by atoms with Crippen molar-refractivity contribution in [3.63, 3.8) is 0 Å². The molecule has 0 spiro atoms. The SMILES string of the molecule is CN1CCCCC1c1ccc(N(C(=O)OC(C)(C)C)C2CCC2)nc1. The molecule has 0 bridgehead atoms. The molecule has 1 aliphatic heterocycles. The number of aromatic nitrogens is 1. The van der Waals surface area contributed by atoms with E-state index < -0.39 is 5.60 Å². The Bertz CT molecular complexity index is 590. The first-order valence-corrected chi connectivity index (χ1v) is 9.53. The molecule has 0 radical (unpaired) electrons. The third kappa shape index (κ3) is 4.32. The van der Waals surface area contributed by atoms with Crippen LogP contribution < -0.4 is 4.90 Å². The number of carbonyl (C=O) groups excluding carboxylic acids is 1. The highest BCUT2D eigenvalue weighted by atomic mass is 16.6. The molecule has 1 saturated heterocycles. The average molecular weight is 345 g/mol. The summed E-state index contributed by atoms with van der Waals surface area (Å²) in [5, 5.41) is 0. The topological polar surface area (TPSA) is 45.7 Å². The Kier molecular flexibility index (Phi) is 5.32. The van der Waals surface area contributed by atoms with Gasteiger partial charge in [0.2, 0.25) is 0 Å². The lowest BCUT2D eigenvalue weighted by molar-refractivity contribution is 0.0548. The van der Waals surface area contributed by atoms with Crippen molar-refractivity contribution in [3.8, 4) is 0 Å². The number of likely N-dealkylation sites (tertiary alicyclic amines) is 1. The zero-order valence-corrected chi connectivity index (χ0v) is 16.0.